The third kappa shape index (κ3) is 2.92. The lowest BCUT2D eigenvalue weighted by molar-refractivity contribution is 0.0312. The van der Waals surface area contributed by atoms with Crippen molar-refractivity contribution in [1.82, 2.24) is 9.80 Å². The fraction of sp³-hybridized carbons (Fsp3) is 1.00. The van der Waals surface area contributed by atoms with E-state index in [1.807, 2.05) is 0 Å². The van der Waals surface area contributed by atoms with E-state index < -0.39 is 0 Å². The molecular formula is C12H27N3. The number of piperazine rings is 1. The summed E-state index contributed by atoms with van der Waals surface area (Å²) in [4.78, 5) is 5.00. The average molecular weight is 213 g/mol. The second kappa shape index (κ2) is 5.28. The third-order valence-corrected chi connectivity index (χ3v) is 4.05. The molecule has 1 rings (SSSR count). The normalized spacial score (nSPS) is 34.0. The molecule has 1 fully saturated rings. The summed E-state index contributed by atoms with van der Waals surface area (Å²) in [5, 5.41) is 0. The molecule has 0 aliphatic carbocycles. The van der Waals surface area contributed by atoms with E-state index in [1.54, 1.807) is 0 Å². The number of nitrogens with two attached hydrogens (primary N) is 1. The van der Waals surface area contributed by atoms with Gasteiger partial charge in [-0.25, -0.2) is 0 Å². The number of rotatable bonds is 3. The lowest BCUT2D eigenvalue weighted by Crippen LogP contribution is -2.59. The molecule has 0 aromatic rings. The Morgan fingerprint density at radius 2 is 1.73 bits per heavy atom. The number of likely N-dealkylation sites (N-methyl/N-ethyl adjacent to an activating group) is 1. The molecule has 15 heavy (non-hydrogen) atoms. The van der Waals surface area contributed by atoms with Crippen molar-refractivity contribution in [2.45, 2.75) is 58.3 Å². The van der Waals surface area contributed by atoms with E-state index >= 15 is 0 Å². The minimum atomic E-state index is 0.313. The largest absolute Gasteiger partial charge is 0.326 e. The van der Waals surface area contributed by atoms with Gasteiger partial charge in [-0.05, 0) is 34.2 Å². The molecule has 90 valence electrons. The van der Waals surface area contributed by atoms with Gasteiger partial charge in [0.2, 0.25) is 0 Å². The molecule has 1 heterocycles. The molecule has 0 amide bonds. The minimum Gasteiger partial charge on any atom is -0.326 e. The Morgan fingerprint density at radius 1 is 1.27 bits per heavy atom. The lowest BCUT2D eigenvalue weighted by Gasteiger charge is -2.46. The summed E-state index contributed by atoms with van der Waals surface area (Å²) in [5.41, 5.74) is 6.12. The highest BCUT2D eigenvalue weighted by molar-refractivity contribution is 4.88. The van der Waals surface area contributed by atoms with Crippen molar-refractivity contribution in [2.75, 3.05) is 20.1 Å². The molecule has 0 bridgehead atoms. The Balaban J connectivity index is 2.57. The van der Waals surface area contributed by atoms with Gasteiger partial charge in [-0.15, -0.1) is 0 Å². The van der Waals surface area contributed by atoms with Crippen LogP contribution in [0.5, 0.6) is 0 Å². The summed E-state index contributed by atoms with van der Waals surface area (Å²) in [6.45, 7) is 11.3. The molecule has 4 unspecified atom stereocenters. The summed E-state index contributed by atoms with van der Waals surface area (Å²) in [5.74, 6) is 0. The summed E-state index contributed by atoms with van der Waals surface area (Å²) >= 11 is 0. The summed E-state index contributed by atoms with van der Waals surface area (Å²) in [6, 6.07) is 2.10. The smallest absolute Gasteiger partial charge is 0.0220 e. The van der Waals surface area contributed by atoms with Crippen molar-refractivity contribution in [1.29, 1.82) is 0 Å². The second-order valence-corrected chi connectivity index (χ2v) is 5.13. The lowest BCUT2D eigenvalue weighted by atomic mass is 10.0. The predicted molar refractivity (Wildman–Crippen MR) is 66.0 cm³/mol. The number of hydrogen-bond acceptors (Lipinski definition) is 3. The molecular weight excluding hydrogens is 186 g/mol. The first-order chi connectivity index (χ1) is 6.97. The van der Waals surface area contributed by atoms with Gasteiger partial charge in [0.15, 0.2) is 0 Å². The van der Waals surface area contributed by atoms with Crippen LogP contribution in [0.3, 0.4) is 0 Å². The standard InChI is InChI=1S/C12H27N3/c1-6-12(13)11(4)15-7-9(2)14(5)10(3)8-15/h9-12H,6-8,13H2,1-5H3. The van der Waals surface area contributed by atoms with E-state index in [0.717, 1.165) is 19.5 Å². The van der Waals surface area contributed by atoms with Crippen LogP contribution in [0.4, 0.5) is 0 Å². The van der Waals surface area contributed by atoms with E-state index in [1.165, 1.54) is 0 Å². The monoisotopic (exact) mass is 213 g/mol. The van der Waals surface area contributed by atoms with Crippen LogP contribution in [0, 0.1) is 0 Å². The topological polar surface area (TPSA) is 32.5 Å². The maximum Gasteiger partial charge on any atom is 0.0220 e. The van der Waals surface area contributed by atoms with Crippen molar-refractivity contribution in [2.24, 2.45) is 5.73 Å². The van der Waals surface area contributed by atoms with Gasteiger partial charge in [0, 0.05) is 37.3 Å². The molecule has 1 aliphatic heterocycles. The molecule has 0 spiro atoms. The number of nitrogens with zero attached hydrogens (tertiary/aromatic N) is 2. The van der Waals surface area contributed by atoms with Gasteiger partial charge in [0.05, 0.1) is 0 Å². The molecule has 0 aromatic heterocycles. The van der Waals surface area contributed by atoms with E-state index in [9.17, 15) is 0 Å². The SMILES string of the molecule is CCC(N)C(C)N1CC(C)N(C)C(C)C1. The zero-order chi connectivity index (χ0) is 11.6. The molecule has 1 aliphatic rings. The van der Waals surface area contributed by atoms with Crippen molar-refractivity contribution in [3.63, 3.8) is 0 Å². The van der Waals surface area contributed by atoms with Gasteiger partial charge in [-0.3, -0.25) is 9.80 Å². The zero-order valence-electron chi connectivity index (χ0n) is 10.9. The molecule has 3 nitrogen and oxygen atoms in total. The van der Waals surface area contributed by atoms with Crippen LogP contribution in [0.2, 0.25) is 0 Å². The predicted octanol–water partition coefficient (Wildman–Crippen LogP) is 1.14. The Hall–Kier alpha value is -0.120. The second-order valence-electron chi connectivity index (χ2n) is 5.13. The first-order valence-electron chi connectivity index (χ1n) is 6.18. The summed E-state index contributed by atoms with van der Waals surface area (Å²) in [7, 11) is 2.22. The first-order valence-corrected chi connectivity index (χ1v) is 6.18. The Bertz CT molecular complexity index is 183. The van der Waals surface area contributed by atoms with Crippen LogP contribution in [-0.2, 0) is 0 Å². The van der Waals surface area contributed by atoms with Crippen molar-refractivity contribution >= 4 is 0 Å². The van der Waals surface area contributed by atoms with Crippen LogP contribution in [-0.4, -0.2) is 54.1 Å². The molecule has 2 N–H and O–H groups in total. The summed E-state index contributed by atoms with van der Waals surface area (Å²) in [6.07, 6.45) is 1.07. The quantitative estimate of drug-likeness (QED) is 0.763. The first kappa shape index (κ1) is 12.9. The van der Waals surface area contributed by atoms with Gasteiger partial charge >= 0.3 is 0 Å². The Labute approximate surface area is 94.6 Å². The number of hydrogen-bond donors (Lipinski definition) is 1. The summed E-state index contributed by atoms with van der Waals surface area (Å²) < 4.78 is 0. The Morgan fingerprint density at radius 3 is 2.13 bits per heavy atom. The highest BCUT2D eigenvalue weighted by Gasteiger charge is 2.30. The molecule has 0 radical (unpaired) electrons. The van der Waals surface area contributed by atoms with Gasteiger partial charge in [-0.2, -0.15) is 0 Å². The molecule has 3 heteroatoms. The average Bonchev–Trinajstić information content (AvgIpc) is 2.23. The van der Waals surface area contributed by atoms with Crippen molar-refractivity contribution in [3.8, 4) is 0 Å². The van der Waals surface area contributed by atoms with Gasteiger partial charge in [0.1, 0.15) is 0 Å². The van der Waals surface area contributed by atoms with Crippen LogP contribution in [0.1, 0.15) is 34.1 Å². The van der Waals surface area contributed by atoms with Gasteiger partial charge < -0.3 is 5.73 Å². The van der Waals surface area contributed by atoms with E-state index in [4.69, 9.17) is 5.73 Å². The zero-order valence-corrected chi connectivity index (χ0v) is 10.9. The fourth-order valence-corrected chi connectivity index (χ4v) is 2.39. The third-order valence-electron chi connectivity index (χ3n) is 4.05. The van der Waals surface area contributed by atoms with E-state index in [0.29, 0.717) is 24.2 Å². The highest BCUT2D eigenvalue weighted by atomic mass is 15.3. The Kier molecular flexibility index (Phi) is 4.56. The van der Waals surface area contributed by atoms with Crippen molar-refractivity contribution in [3.05, 3.63) is 0 Å². The molecule has 4 atom stereocenters. The van der Waals surface area contributed by atoms with Gasteiger partial charge in [-0.1, -0.05) is 6.92 Å². The minimum absolute atomic E-state index is 0.313. The van der Waals surface area contributed by atoms with E-state index in [-0.39, 0.29) is 0 Å². The van der Waals surface area contributed by atoms with E-state index in [2.05, 4.69) is 44.5 Å². The van der Waals surface area contributed by atoms with Crippen LogP contribution in [0.25, 0.3) is 0 Å². The van der Waals surface area contributed by atoms with Crippen LogP contribution < -0.4 is 5.73 Å². The maximum atomic E-state index is 6.12. The fourth-order valence-electron chi connectivity index (χ4n) is 2.39. The molecule has 0 aromatic carbocycles. The van der Waals surface area contributed by atoms with Crippen LogP contribution >= 0.6 is 0 Å². The molecule has 1 saturated heterocycles. The van der Waals surface area contributed by atoms with Gasteiger partial charge in [0.25, 0.3) is 0 Å². The highest BCUT2D eigenvalue weighted by Crippen LogP contribution is 2.17. The maximum absolute atomic E-state index is 6.12. The van der Waals surface area contributed by atoms with Crippen LogP contribution in [0.15, 0.2) is 0 Å². The van der Waals surface area contributed by atoms with Crippen molar-refractivity contribution < 1.29 is 0 Å². The molecule has 0 saturated carbocycles.